The van der Waals surface area contributed by atoms with Gasteiger partial charge in [0.2, 0.25) is 5.91 Å². The summed E-state index contributed by atoms with van der Waals surface area (Å²) in [4.78, 5) is 31.7. The van der Waals surface area contributed by atoms with E-state index in [1.807, 2.05) is 12.1 Å². The van der Waals surface area contributed by atoms with Crippen LogP contribution in [0.3, 0.4) is 0 Å². The van der Waals surface area contributed by atoms with E-state index in [0.29, 0.717) is 10.5 Å². The number of hydrogen-bond acceptors (Lipinski definition) is 6. The third kappa shape index (κ3) is 4.75. The number of piperazine rings is 1. The number of anilines is 1. The molecule has 1 amide bonds. The molecule has 3 rings (SSSR count). The molecule has 1 fully saturated rings. The van der Waals surface area contributed by atoms with Crippen LogP contribution in [0.5, 0.6) is 0 Å². The van der Waals surface area contributed by atoms with Crippen LogP contribution in [0, 0.1) is 0 Å². The molecule has 0 bridgehead atoms. The van der Waals surface area contributed by atoms with Crippen LogP contribution in [0.2, 0.25) is 0 Å². The fourth-order valence-electron chi connectivity index (χ4n) is 2.51. The highest BCUT2D eigenvalue weighted by atomic mass is 32.2. The monoisotopic (exact) mass is 395 g/mol. The Morgan fingerprint density at radius 1 is 1.40 bits per heavy atom. The molecule has 6 nitrogen and oxygen atoms in total. The lowest BCUT2D eigenvalue weighted by Crippen LogP contribution is -3.12. The highest BCUT2D eigenvalue weighted by Gasteiger charge is 2.19. The van der Waals surface area contributed by atoms with Gasteiger partial charge in [-0.05, 0) is 12.1 Å². The molecule has 0 unspecified atom stereocenters. The minimum Gasteiger partial charge on any atom is -0.346 e. The van der Waals surface area contributed by atoms with E-state index < -0.39 is 0 Å². The number of nitrogens with one attached hydrogen (secondary N) is 2. The van der Waals surface area contributed by atoms with Crippen LogP contribution in [0.1, 0.15) is 0 Å². The van der Waals surface area contributed by atoms with E-state index in [-0.39, 0.29) is 17.2 Å². The molecular weight excluding hydrogens is 376 g/mol. The maximum atomic E-state index is 12.1. The highest BCUT2D eigenvalue weighted by molar-refractivity contribution is 8.23. The molecule has 0 aliphatic carbocycles. The van der Waals surface area contributed by atoms with Crippen molar-refractivity contribution in [2.24, 2.45) is 0 Å². The Bertz CT molecular complexity index is 847. The maximum absolute atomic E-state index is 12.1. The zero-order valence-electron chi connectivity index (χ0n) is 13.8. The number of thioether (sulfide) groups is 1. The summed E-state index contributed by atoms with van der Waals surface area (Å²) in [5.74, 6) is 0.0125. The summed E-state index contributed by atoms with van der Waals surface area (Å²) in [6.45, 7) is 3.96. The molecule has 0 atom stereocenters. The predicted octanol–water partition coefficient (Wildman–Crippen LogP) is 0.443. The smallest absolute Gasteiger partial charge is 0.281 e. The zero-order valence-corrected chi connectivity index (χ0v) is 16.2. The largest absolute Gasteiger partial charge is 0.346 e. The Morgan fingerprint density at radius 2 is 2.12 bits per heavy atom. The van der Waals surface area contributed by atoms with Gasteiger partial charge >= 0.3 is 0 Å². The van der Waals surface area contributed by atoms with Gasteiger partial charge in [-0.15, -0.1) is 0 Å². The predicted molar refractivity (Wildman–Crippen MR) is 108 cm³/mol. The van der Waals surface area contributed by atoms with Gasteiger partial charge in [-0.1, -0.05) is 47.4 Å². The number of likely N-dealkylation sites (N-methyl/N-ethyl adjacent to an activating group) is 1. The lowest BCUT2D eigenvalue weighted by Gasteiger charge is -2.31. The van der Waals surface area contributed by atoms with Crippen molar-refractivity contribution in [1.29, 1.82) is 0 Å². The van der Waals surface area contributed by atoms with Gasteiger partial charge in [0.15, 0.2) is 5.13 Å². The summed E-state index contributed by atoms with van der Waals surface area (Å²) in [6, 6.07) is 7.24. The number of carbonyl (C=O) groups excluding carboxylic acids is 1. The van der Waals surface area contributed by atoms with Gasteiger partial charge in [-0.25, -0.2) is 0 Å². The number of rotatable bonds is 3. The summed E-state index contributed by atoms with van der Waals surface area (Å²) in [7, 11) is 2.17. The number of amides is 1. The van der Waals surface area contributed by atoms with Crippen LogP contribution in [0.25, 0.3) is 10.1 Å². The van der Waals surface area contributed by atoms with E-state index in [9.17, 15) is 9.59 Å². The Labute approximate surface area is 159 Å². The van der Waals surface area contributed by atoms with Crippen molar-refractivity contribution in [2.45, 2.75) is 0 Å². The van der Waals surface area contributed by atoms with E-state index in [1.54, 1.807) is 12.1 Å². The normalized spacial score (nSPS) is 15.3. The van der Waals surface area contributed by atoms with Crippen molar-refractivity contribution in [2.75, 3.05) is 44.3 Å². The molecule has 132 valence electrons. The van der Waals surface area contributed by atoms with Gasteiger partial charge in [0.1, 0.15) is 4.32 Å². The fraction of sp³-hybridized carbons (Fsp3) is 0.375. The Kier molecular flexibility index (Phi) is 6.00. The molecule has 2 aromatic rings. The summed E-state index contributed by atoms with van der Waals surface area (Å²) in [5, 5.41) is 3.60. The number of fused-ring (bicyclic) bond motifs is 1. The average Bonchev–Trinajstić information content (AvgIpc) is 2.60. The van der Waals surface area contributed by atoms with Crippen molar-refractivity contribution < 1.29 is 9.69 Å². The molecule has 1 aromatic carbocycles. The number of quaternary nitrogens is 1. The van der Waals surface area contributed by atoms with Gasteiger partial charge < -0.3 is 15.1 Å². The van der Waals surface area contributed by atoms with Crippen LogP contribution in [0.15, 0.2) is 29.1 Å². The maximum Gasteiger partial charge on any atom is 0.281 e. The number of thiocarbonyl (C=S) groups is 1. The summed E-state index contributed by atoms with van der Waals surface area (Å²) >= 11 is 8.06. The second kappa shape index (κ2) is 8.22. The van der Waals surface area contributed by atoms with Gasteiger partial charge in [0.25, 0.3) is 5.56 Å². The van der Waals surface area contributed by atoms with Gasteiger partial charge in [-0.3, -0.25) is 9.59 Å². The number of benzene rings is 1. The van der Waals surface area contributed by atoms with Crippen LogP contribution < -0.4 is 15.8 Å². The minimum absolute atomic E-state index is 0.203. The third-order valence-electron chi connectivity index (χ3n) is 3.98. The van der Waals surface area contributed by atoms with E-state index in [2.05, 4.69) is 22.2 Å². The Balaban J connectivity index is 1.56. The summed E-state index contributed by atoms with van der Waals surface area (Å²) in [5.41, 5.74) is -0.326. The molecule has 1 aromatic heterocycles. The standard InChI is InChI=1S/C16H18N4O2S3/c1-19-6-8-20(9-7-19)16(23)24-10-13(21)17-15-18-14(22)11-4-2-3-5-12(11)25-15/h2-5H,6-10H2,1H3,(H,17,18,21,22)/p+1. The molecule has 0 saturated carbocycles. The fourth-order valence-corrected chi connectivity index (χ4v) is 4.48. The summed E-state index contributed by atoms with van der Waals surface area (Å²) < 4.78 is 1.56. The van der Waals surface area contributed by atoms with Gasteiger partial charge in [0, 0.05) is 4.70 Å². The van der Waals surface area contributed by atoms with E-state index in [0.717, 1.165) is 35.2 Å². The van der Waals surface area contributed by atoms with E-state index >= 15 is 0 Å². The topological polar surface area (TPSA) is 66.7 Å². The number of hydrogen-bond donors (Lipinski definition) is 2. The molecule has 9 heteroatoms. The van der Waals surface area contributed by atoms with Crippen molar-refractivity contribution in [3.63, 3.8) is 0 Å². The first-order chi connectivity index (χ1) is 12.0. The lowest BCUT2D eigenvalue weighted by atomic mass is 10.3. The van der Waals surface area contributed by atoms with Crippen molar-refractivity contribution in [1.82, 2.24) is 9.88 Å². The quantitative estimate of drug-likeness (QED) is 0.736. The zero-order chi connectivity index (χ0) is 17.8. The molecule has 2 N–H and O–H groups in total. The minimum atomic E-state index is -0.326. The van der Waals surface area contributed by atoms with Crippen LogP contribution >= 0.6 is 35.3 Å². The van der Waals surface area contributed by atoms with Crippen LogP contribution in [-0.2, 0) is 4.79 Å². The molecule has 0 radical (unpaired) electrons. The first-order valence-corrected chi connectivity index (χ1v) is 10.2. The van der Waals surface area contributed by atoms with Gasteiger partial charge in [-0.2, -0.15) is 4.98 Å². The van der Waals surface area contributed by atoms with Crippen molar-refractivity contribution in [3.8, 4) is 0 Å². The Morgan fingerprint density at radius 3 is 2.88 bits per heavy atom. The first kappa shape index (κ1) is 18.2. The van der Waals surface area contributed by atoms with Crippen LogP contribution in [0.4, 0.5) is 5.13 Å². The third-order valence-corrected chi connectivity index (χ3v) is 6.46. The Hall–Kier alpha value is -1.55. The van der Waals surface area contributed by atoms with Crippen molar-refractivity contribution >= 4 is 60.8 Å². The van der Waals surface area contributed by atoms with E-state index in [1.165, 1.54) is 28.0 Å². The van der Waals surface area contributed by atoms with Gasteiger partial charge in [0.05, 0.1) is 44.4 Å². The molecule has 1 aliphatic rings. The first-order valence-electron chi connectivity index (χ1n) is 7.95. The lowest BCUT2D eigenvalue weighted by molar-refractivity contribution is -0.883. The molecule has 1 aliphatic heterocycles. The molecule has 0 spiro atoms. The second-order valence-corrected chi connectivity index (χ2v) is 8.51. The molecular formula is C16H19N4O2S3+. The van der Waals surface area contributed by atoms with E-state index in [4.69, 9.17) is 12.2 Å². The number of carbonyl (C=O) groups is 1. The SMILES string of the molecule is C[NH+]1CCN(C(=S)SCC(=O)Nc2nc(=O)c3ccccc3s2)CC1. The van der Waals surface area contributed by atoms with Crippen molar-refractivity contribution in [3.05, 3.63) is 34.6 Å². The number of nitrogens with zero attached hydrogens (tertiary/aromatic N) is 2. The number of aromatic nitrogens is 1. The molecule has 1 saturated heterocycles. The highest BCUT2D eigenvalue weighted by Crippen LogP contribution is 2.20. The molecule has 2 heterocycles. The summed E-state index contributed by atoms with van der Waals surface area (Å²) in [6.07, 6.45) is 0. The average molecular weight is 396 g/mol. The second-order valence-electron chi connectivity index (χ2n) is 5.87. The molecule has 25 heavy (non-hydrogen) atoms. The van der Waals surface area contributed by atoms with Crippen LogP contribution in [-0.4, -0.2) is 59.1 Å².